The van der Waals surface area contributed by atoms with Gasteiger partial charge in [-0.1, -0.05) is 6.07 Å². The van der Waals surface area contributed by atoms with Crippen LogP contribution in [0.25, 0.3) is 0 Å². The molecule has 1 aromatic heterocycles. The van der Waals surface area contributed by atoms with Crippen LogP contribution in [-0.2, 0) is 6.54 Å². The highest BCUT2D eigenvalue weighted by molar-refractivity contribution is 5.65. The van der Waals surface area contributed by atoms with Crippen molar-refractivity contribution in [1.82, 2.24) is 14.8 Å². The molecular weight excluding hydrogens is 254 g/mol. The van der Waals surface area contributed by atoms with Crippen LogP contribution in [0, 0.1) is 0 Å². The second-order valence-electron chi connectivity index (χ2n) is 5.77. The zero-order valence-electron chi connectivity index (χ0n) is 11.6. The van der Waals surface area contributed by atoms with Gasteiger partial charge in [0, 0.05) is 44.1 Å². The van der Waals surface area contributed by atoms with Gasteiger partial charge in [-0.05, 0) is 37.3 Å². The molecule has 1 aliphatic heterocycles. The van der Waals surface area contributed by atoms with Crippen LogP contribution < -0.4 is 0 Å². The number of aromatic nitrogens is 1. The monoisotopic (exact) mass is 275 g/mol. The SMILES string of the molecule is O=C(O)N1CCC(N(Cc2cccnc2)C2CC2)CC1. The largest absolute Gasteiger partial charge is 0.465 e. The van der Waals surface area contributed by atoms with E-state index >= 15 is 0 Å². The summed E-state index contributed by atoms with van der Waals surface area (Å²) < 4.78 is 0. The average molecular weight is 275 g/mol. The maximum atomic E-state index is 11.0. The first kappa shape index (κ1) is 13.4. The average Bonchev–Trinajstić information content (AvgIpc) is 3.30. The van der Waals surface area contributed by atoms with Crippen molar-refractivity contribution < 1.29 is 9.90 Å². The van der Waals surface area contributed by atoms with Gasteiger partial charge in [0.2, 0.25) is 0 Å². The van der Waals surface area contributed by atoms with Crippen LogP contribution in [0.3, 0.4) is 0 Å². The van der Waals surface area contributed by atoms with Gasteiger partial charge in [-0.25, -0.2) is 4.79 Å². The van der Waals surface area contributed by atoms with Crippen molar-refractivity contribution in [3.63, 3.8) is 0 Å². The summed E-state index contributed by atoms with van der Waals surface area (Å²) in [4.78, 5) is 19.3. The molecule has 5 heteroatoms. The summed E-state index contributed by atoms with van der Waals surface area (Å²) in [6.45, 7) is 2.27. The minimum absolute atomic E-state index is 0.512. The Morgan fingerprint density at radius 2 is 2.00 bits per heavy atom. The normalized spacial score (nSPS) is 20.4. The number of hydrogen-bond acceptors (Lipinski definition) is 3. The lowest BCUT2D eigenvalue weighted by Crippen LogP contribution is -2.46. The van der Waals surface area contributed by atoms with Crippen LogP contribution in [0.1, 0.15) is 31.2 Å². The Morgan fingerprint density at radius 1 is 1.30 bits per heavy atom. The van der Waals surface area contributed by atoms with Gasteiger partial charge < -0.3 is 10.0 Å². The topological polar surface area (TPSA) is 56.7 Å². The highest BCUT2D eigenvalue weighted by Gasteiger charge is 2.36. The quantitative estimate of drug-likeness (QED) is 0.915. The summed E-state index contributed by atoms with van der Waals surface area (Å²) in [6.07, 6.45) is 7.40. The van der Waals surface area contributed by atoms with Gasteiger partial charge in [-0.2, -0.15) is 0 Å². The lowest BCUT2D eigenvalue weighted by Gasteiger charge is -2.37. The second kappa shape index (κ2) is 5.79. The highest BCUT2D eigenvalue weighted by Crippen LogP contribution is 2.33. The first-order valence-corrected chi connectivity index (χ1v) is 7.36. The number of rotatable bonds is 4. The first-order chi connectivity index (χ1) is 9.74. The molecule has 0 unspecified atom stereocenters. The van der Waals surface area contributed by atoms with Crippen molar-refractivity contribution in [1.29, 1.82) is 0 Å². The van der Waals surface area contributed by atoms with Gasteiger partial charge in [-0.15, -0.1) is 0 Å². The molecule has 108 valence electrons. The molecule has 0 atom stereocenters. The van der Waals surface area contributed by atoms with Crippen LogP contribution >= 0.6 is 0 Å². The Balaban J connectivity index is 1.62. The molecule has 1 amide bonds. The zero-order chi connectivity index (χ0) is 13.9. The van der Waals surface area contributed by atoms with E-state index in [2.05, 4.69) is 16.0 Å². The molecule has 1 aromatic rings. The molecule has 1 saturated heterocycles. The van der Waals surface area contributed by atoms with E-state index in [1.165, 1.54) is 23.3 Å². The van der Waals surface area contributed by atoms with Crippen molar-refractivity contribution in [2.24, 2.45) is 0 Å². The molecule has 0 bridgehead atoms. The van der Waals surface area contributed by atoms with E-state index in [-0.39, 0.29) is 0 Å². The minimum Gasteiger partial charge on any atom is -0.465 e. The number of amides is 1. The van der Waals surface area contributed by atoms with Gasteiger partial charge >= 0.3 is 6.09 Å². The fraction of sp³-hybridized carbons (Fsp3) is 0.600. The number of carbonyl (C=O) groups is 1. The Bertz CT molecular complexity index is 453. The van der Waals surface area contributed by atoms with Gasteiger partial charge in [-0.3, -0.25) is 9.88 Å². The van der Waals surface area contributed by atoms with Crippen LogP contribution in [0.15, 0.2) is 24.5 Å². The molecule has 2 heterocycles. The smallest absolute Gasteiger partial charge is 0.407 e. The van der Waals surface area contributed by atoms with E-state index in [0.29, 0.717) is 25.2 Å². The van der Waals surface area contributed by atoms with Gasteiger partial charge in [0.1, 0.15) is 0 Å². The van der Waals surface area contributed by atoms with E-state index in [9.17, 15) is 4.79 Å². The minimum atomic E-state index is -0.784. The number of piperidine rings is 1. The summed E-state index contributed by atoms with van der Waals surface area (Å²) in [5.74, 6) is 0. The molecular formula is C15H21N3O2. The Labute approximate surface area is 119 Å². The van der Waals surface area contributed by atoms with Crippen molar-refractivity contribution in [2.45, 2.75) is 44.3 Å². The Morgan fingerprint density at radius 3 is 2.55 bits per heavy atom. The molecule has 1 aliphatic carbocycles. The number of pyridine rings is 1. The third-order valence-corrected chi connectivity index (χ3v) is 4.31. The molecule has 1 N–H and O–H groups in total. The Hall–Kier alpha value is -1.62. The first-order valence-electron chi connectivity index (χ1n) is 7.36. The fourth-order valence-electron chi connectivity index (χ4n) is 3.05. The van der Waals surface area contributed by atoms with Crippen molar-refractivity contribution in [3.05, 3.63) is 30.1 Å². The lowest BCUT2D eigenvalue weighted by atomic mass is 10.0. The molecule has 0 spiro atoms. The zero-order valence-corrected chi connectivity index (χ0v) is 11.6. The van der Waals surface area contributed by atoms with Crippen LogP contribution in [0.2, 0.25) is 0 Å². The molecule has 0 radical (unpaired) electrons. The summed E-state index contributed by atoms with van der Waals surface area (Å²) >= 11 is 0. The van der Waals surface area contributed by atoms with Gasteiger partial charge in [0.05, 0.1) is 0 Å². The number of likely N-dealkylation sites (tertiary alicyclic amines) is 1. The second-order valence-corrected chi connectivity index (χ2v) is 5.77. The summed E-state index contributed by atoms with van der Waals surface area (Å²) in [5, 5.41) is 9.02. The molecule has 5 nitrogen and oxygen atoms in total. The van der Waals surface area contributed by atoms with Crippen LogP contribution in [0.4, 0.5) is 4.79 Å². The van der Waals surface area contributed by atoms with Crippen LogP contribution in [-0.4, -0.2) is 51.2 Å². The van der Waals surface area contributed by atoms with Gasteiger partial charge in [0.15, 0.2) is 0 Å². The lowest BCUT2D eigenvalue weighted by molar-refractivity contribution is 0.0870. The van der Waals surface area contributed by atoms with E-state index in [1.54, 1.807) is 6.20 Å². The van der Waals surface area contributed by atoms with Crippen LogP contribution in [0.5, 0.6) is 0 Å². The molecule has 0 aromatic carbocycles. The summed E-state index contributed by atoms with van der Waals surface area (Å²) in [6, 6.07) is 5.30. The molecule has 3 rings (SSSR count). The molecule has 2 fully saturated rings. The highest BCUT2D eigenvalue weighted by atomic mass is 16.4. The Kier molecular flexibility index (Phi) is 3.87. The van der Waals surface area contributed by atoms with Gasteiger partial charge in [0.25, 0.3) is 0 Å². The molecule has 2 aliphatic rings. The van der Waals surface area contributed by atoms with E-state index < -0.39 is 6.09 Å². The predicted octanol–water partition coefficient (Wildman–Crippen LogP) is 2.19. The third-order valence-electron chi connectivity index (χ3n) is 4.31. The standard InChI is InChI=1S/C15H21N3O2/c19-15(20)17-8-5-14(6-9-17)18(13-3-4-13)11-12-2-1-7-16-10-12/h1-2,7,10,13-14H,3-6,8-9,11H2,(H,19,20). The van der Waals surface area contributed by atoms with Crippen molar-refractivity contribution >= 4 is 6.09 Å². The van der Waals surface area contributed by atoms with Crippen molar-refractivity contribution in [2.75, 3.05) is 13.1 Å². The number of nitrogens with zero attached hydrogens (tertiary/aromatic N) is 3. The predicted molar refractivity (Wildman–Crippen MR) is 75.4 cm³/mol. The van der Waals surface area contributed by atoms with E-state index in [0.717, 1.165) is 19.4 Å². The van der Waals surface area contributed by atoms with Crippen molar-refractivity contribution in [3.8, 4) is 0 Å². The number of hydrogen-bond donors (Lipinski definition) is 1. The summed E-state index contributed by atoms with van der Waals surface area (Å²) in [7, 11) is 0. The number of carboxylic acid groups (broad SMARTS) is 1. The third kappa shape index (κ3) is 3.10. The summed E-state index contributed by atoms with van der Waals surface area (Å²) in [5.41, 5.74) is 1.25. The van der Waals surface area contributed by atoms with E-state index in [4.69, 9.17) is 5.11 Å². The fourth-order valence-corrected chi connectivity index (χ4v) is 3.05. The van der Waals surface area contributed by atoms with E-state index in [1.807, 2.05) is 12.3 Å². The maximum absolute atomic E-state index is 11.0. The maximum Gasteiger partial charge on any atom is 0.407 e. The molecule has 20 heavy (non-hydrogen) atoms. The molecule has 1 saturated carbocycles.